The van der Waals surface area contributed by atoms with Crippen molar-refractivity contribution in [2.24, 2.45) is 17.8 Å². The highest BCUT2D eigenvalue weighted by Crippen LogP contribution is 2.47. The maximum atomic E-state index is 11.0. The molecule has 2 heterocycles. The van der Waals surface area contributed by atoms with Gasteiger partial charge in [-0.2, -0.15) is 0 Å². The van der Waals surface area contributed by atoms with Crippen molar-refractivity contribution in [1.29, 1.82) is 0 Å². The number of nitrogens with zero attached hydrogens (tertiary/aromatic N) is 1. The standard InChI is InChI=1S/C24H41NO2/c1-10-16(7)27-24(26)22-17(8)19(11-2)23-15(6)13-20(14(4)5)18(9)25(23)21(22)12-3/h11,13-16,18,21-24,26H,8,10,12H2,1-7,9H3/b19-11+/t15?,16-,18?,21?,22?,23?,24?/m1/s1. The second-order valence-corrected chi connectivity index (χ2v) is 8.76. The van der Waals surface area contributed by atoms with E-state index >= 15 is 0 Å². The first-order valence-electron chi connectivity index (χ1n) is 10.9. The minimum Gasteiger partial charge on any atom is -0.367 e. The van der Waals surface area contributed by atoms with Crippen LogP contribution in [0, 0.1) is 17.8 Å². The van der Waals surface area contributed by atoms with Gasteiger partial charge in [0.1, 0.15) is 0 Å². The molecule has 2 rings (SSSR count). The minimum atomic E-state index is -0.816. The molecule has 0 aromatic rings. The maximum Gasteiger partial charge on any atom is 0.163 e. The summed E-state index contributed by atoms with van der Waals surface area (Å²) in [6.07, 6.45) is 5.77. The first-order valence-corrected chi connectivity index (χ1v) is 10.9. The van der Waals surface area contributed by atoms with Gasteiger partial charge in [-0.1, -0.05) is 58.9 Å². The predicted octanol–water partition coefficient (Wildman–Crippen LogP) is 5.32. The van der Waals surface area contributed by atoms with Gasteiger partial charge in [0.05, 0.1) is 12.0 Å². The molecule has 6 unspecified atom stereocenters. The van der Waals surface area contributed by atoms with E-state index in [4.69, 9.17) is 4.74 Å². The number of hydrogen-bond donors (Lipinski definition) is 1. The number of hydrogen-bond acceptors (Lipinski definition) is 3. The second kappa shape index (κ2) is 9.07. The van der Waals surface area contributed by atoms with Crippen molar-refractivity contribution in [3.63, 3.8) is 0 Å². The molecule has 2 aliphatic heterocycles. The molecular weight excluding hydrogens is 334 g/mol. The van der Waals surface area contributed by atoms with Crippen LogP contribution >= 0.6 is 0 Å². The first kappa shape index (κ1) is 22.4. The Morgan fingerprint density at radius 3 is 2.37 bits per heavy atom. The van der Waals surface area contributed by atoms with Gasteiger partial charge in [-0.3, -0.25) is 4.90 Å². The molecule has 0 bridgehead atoms. The number of aliphatic hydroxyl groups excluding tert-OH is 1. The van der Waals surface area contributed by atoms with Crippen molar-refractivity contribution in [3.05, 3.63) is 35.5 Å². The van der Waals surface area contributed by atoms with Crippen molar-refractivity contribution in [1.82, 2.24) is 4.90 Å². The van der Waals surface area contributed by atoms with E-state index < -0.39 is 6.29 Å². The Hall–Kier alpha value is -0.900. The Labute approximate surface area is 167 Å². The molecule has 0 spiro atoms. The van der Waals surface area contributed by atoms with Gasteiger partial charge >= 0.3 is 0 Å². The molecule has 3 heteroatoms. The normalized spacial score (nSPS) is 35.9. The third-order valence-electron chi connectivity index (χ3n) is 6.74. The minimum absolute atomic E-state index is 0.0425. The molecule has 3 nitrogen and oxygen atoms in total. The fraction of sp³-hybridized carbons (Fsp3) is 0.750. The Morgan fingerprint density at radius 1 is 1.26 bits per heavy atom. The lowest BCUT2D eigenvalue weighted by Crippen LogP contribution is -2.62. The molecule has 0 radical (unpaired) electrons. The van der Waals surface area contributed by atoms with Gasteiger partial charge in [0, 0.05) is 18.1 Å². The van der Waals surface area contributed by atoms with E-state index in [-0.39, 0.29) is 18.1 Å². The average Bonchev–Trinajstić information content (AvgIpc) is 2.62. The molecule has 0 aromatic carbocycles. The summed E-state index contributed by atoms with van der Waals surface area (Å²) in [5.74, 6) is 0.872. The molecule has 154 valence electrons. The first-order chi connectivity index (χ1) is 12.7. The molecule has 0 aromatic heterocycles. The Bertz CT molecular complexity index is 591. The quantitative estimate of drug-likeness (QED) is 0.503. The molecule has 0 aliphatic carbocycles. The fourth-order valence-electron chi connectivity index (χ4n) is 5.23. The monoisotopic (exact) mass is 375 g/mol. The van der Waals surface area contributed by atoms with Gasteiger partial charge in [0.2, 0.25) is 0 Å². The van der Waals surface area contributed by atoms with Crippen LogP contribution in [0.1, 0.15) is 68.2 Å². The number of rotatable bonds is 6. The lowest BCUT2D eigenvalue weighted by Gasteiger charge is -2.56. The van der Waals surface area contributed by atoms with Crippen LogP contribution in [-0.4, -0.2) is 40.5 Å². The number of ether oxygens (including phenoxy) is 1. The summed E-state index contributed by atoms with van der Waals surface area (Å²) in [5, 5.41) is 11.0. The zero-order valence-electron chi connectivity index (χ0n) is 18.7. The number of aliphatic hydroxyl groups is 1. The zero-order chi connectivity index (χ0) is 20.5. The topological polar surface area (TPSA) is 32.7 Å². The number of allylic oxidation sites excluding steroid dienone is 1. The summed E-state index contributed by atoms with van der Waals surface area (Å²) in [5.41, 5.74) is 3.84. The van der Waals surface area contributed by atoms with Crippen molar-refractivity contribution in [2.75, 3.05) is 0 Å². The molecule has 0 saturated carbocycles. The molecule has 7 atom stereocenters. The van der Waals surface area contributed by atoms with E-state index in [1.807, 2.05) is 6.92 Å². The van der Waals surface area contributed by atoms with E-state index in [0.29, 0.717) is 23.9 Å². The van der Waals surface area contributed by atoms with Crippen molar-refractivity contribution in [2.45, 2.75) is 98.8 Å². The van der Waals surface area contributed by atoms with E-state index in [1.54, 1.807) is 0 Å². The third kappa shape index (κ3) is 4.11. The molecule has 1 saturated heterocycles. The van der Waals surface area contributed by atoms with Crippen LogP contribution in [0.3, 0.4) is 0 Å². The highest BCUT2D eigenvalue weighted by Gasteiger charge is 2.49. The third-order valence-corrected chi connectivity index (χ3v) is 6.74. The second-order valence-electron chi connectivity index (χ2n) is 8.76. The van der Waals surface area contributed by atoms with E-state index in [0.717, 1.165) is 18.4 Å². The molecule has 1 fully saturated rings. The predicted molar refractivity (Wildman–Crippen MR) is 114 cm³/mol. The van der Waals surface area contributed by atoms with E-state index in [9.17, 15) is 5.11 Å². The fourth-order valence-corrected chi connectivity index (χ4v) is 5.23. The van der Waals surface area contributed by atoms with Crippen molar-refractivity contribution >= 4 is 0 Å². The van der Waals surface area contributed by atoms with Crippen LogP contribution in [0.2, 0.25) is 0 Å². The lowest BCUT2D eigenvalue weighted by atomic mass is 9.69. The smallest absolute Gasteiger partial charge is 0.163 e. The van der Waals surface area contributed by atoms with Crippen molar-refractivity contribution in [3.8, 4) is 0 Å². The van der Waals surface area contributed by atoms with Crippen LogP contribution in [0.4, 0.5) is 0 Å². The molecule has 2 aliphatic rings. The van der Waals surface area contributed by atoms with Crippen LogP contribution < -0.4 is 0 Å². The van der Waals surface area contributed by atoms with E-state index in [2.05, 4.69) is 72.1 Å². The summed E-state index contributed by atoms with van der Waals surface area (Å²) in [6.45, 7) is 22.1. The van der Waals surface area contributed by atoms with Crippen LogP contribution in [-0.2, 0) is 4.74 Å². The van der Waals surface area contributed by atoms with E-state index in [1.165, 1.54) is 11.1 Å². The van der Waals surface area contributed by atoms with Gasteiger partial charge in [-0.05, 0) is 56.6 Å². The highest BCUT2D eigenvalue weighted by atomic mass is 16.6. The molecule has 0 amide bonds. The summed E-state index contributed by atoms with van der Waals surface area (Å²) in [7, 11) is 0. The Balaban J connectivity index is 2.50. The van der Waals surface area contributed by atoms with Crippen LogP contribution in [0.15, 0.2) is 35.5 Å². The Morgan fingerprint density at radius 2 is 1.89 bits per heavy atom. The zero-order valence-corrected chi connectivity index (χ0v) is 18.7. The highest BCUT2D eigenvalue weighted by molar-refractivity contribution is 5.43. The number of piperidine rings is 1. The molecule has 1 N–H and O–H groups in total. The summed E-state index contributed by atoms with van der Waals surface area (Å²) in [4.78, 5) is 2.65. The van der Waals surface area contributed by atoms with Crippen LogP contribution in [0.25, 0.3) is 0 Å². The summed E-state index contributed by atoms with van der Waals surface area (Å²) < 4.78 is 5.98. The number of fused-ring (bicyclic) bond motifs is 1. The SMILES string of the molecule is C=C1/C(=C\C)C2C(C)C=C(C(C)C)C(C)N2C(CC)C1C(O)O[C@H](C)CC. The largest absolute Gasteiger partial charge is 0.367 e. The molecular formula is C24H41NO2. The van der Waals surface area contributed by atoms with Gasteiger partial charge in [0.15, 0.2) is 6.29 Å². The van der Waals surface area contributed by atoms with Crippen molar-refractivity contribution < 1.29 is 9.84 Å². The van der Waals surface area contributed by atoms with Gasteiger partial charge in [-0.15, -0.1) is 0 Å². The molecule has 27 heavy (non-hydrogen) atoms. The summed E-state index contributed by atoms with van der Waals surface area (Å²) >= 11 is 0. The summed E-state index contributed by atoms with van der Waals surface area (Å²) in [6, 6.07) is 0.916. The van der Waals surface area contributed by atoms with Gasteiger partial charge in [0.25, 0.3) is 0 Å². The lowest BCUT2D eigenvalue weighted by molar-refractivity contribution is -0.174. The van der Waals surface area contributed by atoms with Gasteiger partial charge < -0.3 is 9.84 Å². The van der Waals surface area contributed by atoms with Crippen LogP contribution in [0.5, 0.6) is 0 Å². The maximum absolute atomic E-state index is 11.0. The average molecular weight is 376 g/mol. The van der Waals surface area contributed by atoms with Gasteiger partial charge in [-0.25, -0.2) is 0 Å². The Kier molecular flexibility index (Phi) is 7.52.